The Morgan fingerprint density at radius 1 is 1.14 bits per heavy atom. The molecule has 0 atom stereocenters. The fourth-order valence-electron chi connectivity index (χ4n) is 1.62. The van der Waals surface area contributed by atoms with Crippen LogP contribution in [0.15, 0.2) is 30.3 Å². The van der Waals surface area contributed by atoms with E-state index < -0.39 is 5.41 Å². The van der Waals surface area contributed by atoms with E-state index in [9.17, 15) is 4.79 Å². The molecule has 0 aromatic heterocycles. The Morgan fingerprint density at radius 3 is 2.36 bits per heavy atom. The Balaban J connectivity index is 2.32. The molecule has 1 aromatic carbocycles. The maximum atomic E-state index is 11.1. The summed E-state index contributed by atoms with van der Waals surface area (Å²) in [5, 5.41) is 0. The SMILES string of the molecule is O=CC1(c2ccccc2)COCOC1. The van der Waals surface area contributed by atoms with Crippen LogP contribution in [0.5, 0.6) is 0 Å². The first kappa shape index (κ1) is 9.37. The van der Waals surface area contributed by atoms with Crippen molar-refractivity contribution >= 4 is 6.29 Å². The van der Waals surface area contributed by atoms with E-state index in [1.54, 1.807) is 0 Å². The van der Waals surface area contributed by atoms with Gasteiger partial charge >= 0.3 is 0 Å². The molecule has 0 spiro atoms. The van der Waals surface area contributed by atoms with Crippen LogP contribution in [0.4, 0.5) is 0 Å². The van der Waals surface area contributed by atoms with Gasteiger partial charge in [-0.05, 0) is 5.56 Å². The molecule has 0 N–H and O–H groups in total. The lowest BCUT2D eigenvalue weighted by Gasteiger charge is -2.31. The quantitative estimate of drug-likeness (QED) is 0.659. The first-order chi connectivity index (χ1) is 6.87. The normalized spacial score (nSPS) is 20.3. The average Bonchev–Trinajstić information content (AvgIpc) is 2.31. The van der Waals surface area contributed by atoms with E-state index in [1.165, 1.54) is 0 Å². The van der Waals surface area contributed by atoms with Gasteiger partial charge in [0.25, 0.3) is 0 Å². The van der Waals surface area contributed by atoms with E-state index in [0.717, 1.165) is 11.8 Å². The minimum atomic E-state index is -0.612. The van der Waals surface area contributed by atoms with Gasteiger partial charge < -0.3 is 14.3 Å². The number of hydrogen-bond donors (Lipinski definition) is 0. The number of hydrogen-bond acceptors (Lipinski definition) is 3. The smallest absolute Gasteiger partial charge is 0.146 e. The summed E-state index contributed by atoms with van der Waals surface area (Å²) in [6.07, 6.45) is 0.918. The van der Waals surface area contributed by atoms with Gasteiger partial charge in [-0.2, -0.15) is 0 Å². The Kier molecular flexibility index (Phi) is 2.61. The summed E-state index contributed by atoms with van der Waals surface area (Å²) in [6, 6.07) is 9.59. The fourth-order valence-corrected chi connectivity index (χ4v) is 1.62. The minimum Gasteiger partial charge on any atom is -0.354 e. The van der Waals surface area contributed by atoms with Crippen LogP contribution < -0.4 is 0 Å². The second-order valence-corrected chi connectivity index (χ2v) is 3.45. The highest BCUT2D eigenvalue weighted by Crippen LogP contribution is 2.25. The van der Waals surface area contributed by atoms with Crippen molar-refractivity contribution in [3.63, 3.8) is 0 Å². The molecule has 0 aliphatic carbocycles. The summed E-state index contributed by atoms with van der Waals surface area (Å²) < 4.78 is 10.4. The van der Waals surface area contributed by atoms with E-state index in [1.807, 2.05) is 30.3 Å². The van der Waals surface area contributed by atoms with Crippen molar-refractivity contribution in [3.05, 3.63) is 35.9 Å². The molecular weight excluding hydrogens is 180 g/mol. The molecule has 1 heterocycles. The van der Waals surface area contributed by atoms with Gasteiger partial charge in [0.15, 0.2) is 0 Å². The maximum Gasteiger partial charge on any atom is 0.146 e. The standard InChI is InChI=1S/C11H12O3/c12-6-11(7-13-9-14-8-11)10-4-2-1-3-5-10/h1-6H,7-9H2. The largest absolute Gasteiger partial charge is 0.354 e. The van der Waals surface area contributed by atoms with Crippen molar-refractivity contribution in [3.8, 4) is 0 Å². The highest BCUT2D eigenvalue weighted by Gasteiger charge is 2.35. The van der Waals surface area contributed by atoms with Gasteiger partial charge in [0.1, 0.15) is 13.1 Å². The summed E-state index contributed by atoms with van der Waals surface area (Å²) in [4.78, 5) is 11.1. The molecule has 1 saturated heterocycles. The molecule has 0 unspecified atom stereocenters. The first-order valence-electron chi connectivity index (χ1n) is 4.55. The third kappa shape index (κ3) is 1.56. The topological polar surface area (TPSA) is 35.5 Å². The van der Waals surface area contributed by atoms with Gasteiger partial charge in [-0.25, -0.2) is 0 Å². The monoisotopic (exact) mass is 192 g/mol. The van der Waals surface area contributed by atoms with Crippen LogP contribution in [-0.2, 0) is 19.7 Å². The fraction of sp³-hybridized carbons (Fsp3) is 0.364. The van der Waals surface area contributed by atoms with E-state index in [4.69, 9.17) is 9.47 Å². The Labute approximate surface area is 82.6 Å². The predicted octanol–water partition coefficient (Wildman–Crippen LogP) is 1.13. The molecule has 74 valence electrons. The number of aldehydes is 1. The van der Waals surface area contributed by atoms with Crippen LogP contribution in [0, 0.1) is 0 Å². The molecule has 1 fully saturated rings. The average molecular weight is 192 g/mol. The summed E-state index contributed by atoms with van der Waals surface area (Å²) >= 11 is 0. The molecular formula is C11H12O3. The van der Waals surface area contributed by atoms with E-state index in [-0.39, 0.29) is 6.79 Å². The highest BCUT2D eigenvalue weighted by atomic mass is 16.7. The summed E-state index contributed by atoms with van der Waals surface area (Å²) in [5.74, 6) is 0. The summed E-state index contributed by atoms with van der Waals surface area (Å²) in [6.45, 7) is 1.09. The molecule has 2 rings (SSSR count). The number of rotatable bonds is 2. The molecule has 0 amide bonds. The Bertz CT molecular complexity index is 302. The van der Waals surface area contributed by atoms with Crippen LogP contribution in [0.3, 0.4) is 0 Å². The van der Waals surface area contributed by atoms with Crippen molar-refractivity contribution in [2.75, 3.05) is 20.0 Å². The molecule has 0 saturated carbocycles. The Hall–Kier alpha value is -1.19. The lowest BCUT2D eigenvalue weighted by molar-refractivity contribution is -0.149. The molecule has 3 nitrogen and oxygen atoms in total. The van der Waals surface area contributed by atoms with Gasteiger partial charge in [-0.3, -0.25) is 0 Å². The molecule has 1 aromatic rings. The van der Waals surface area contributed by atoms with E-state index >= 15 is 0 Å². The zero-order chi connectivity index (χ0) is 9.86. The molecule has 3 heteroatoms. The third-order valence-electron chi connectivity index (χ3n) is 2.46. The third-order valence-corrected chi connectivity index (χ3v) is 2.46. The number of ether oxygens (including phenoxy) is 2. The van der Waals surface area contributed by atoms with Gasteiger partial charge in [0.05, 0.1) is 18.6 Å². The molecule has 0 radical (unpaired) electrons. The summed E-state index contributed by atoms with van der Waals surface area (Å²) in [7, 11) is 0. The Morgan fingerprint density at radius 2 is 1.79 bits per heavy atom. The van der Waals surface area contributed by atoms with E-state index in [0.29, 0.717) is 13.2 Å². The molecule has 1 aliphatic heterocycles. The van der Waals surface area contributed by atoms with Gasteiger partial charge in [-0.1, -0.05) is 30.3 Å². The van der Waals surface area contributed by atoms with Crippen molar-refractivity contribution in [2.45, 2.75) is 5.41 Å². The highest BCUT2D eigenvalue weighted by molar-refractivity contribution is 5.69. The van der Waals surface area contributed by atoms with Crippen LogP contribution in [0.2, 0.25) is 0 Å². The van der Waals surface area contributed by atoms with Gasteiger partial charge in [-0.15, -0.1) is 0 Å². The first-order valence-corrected chi connectivity index (χ1v) is 4.55. The zero-order valence-electron chi connectivity index (χ0n) is 7.81. The maximum absolute atomic E-state index is 11.1. The van der Waals surface area contributed by atoms with Gasteiger partial charge in [0.2, 0.25) is 0 Å². The van der Waals surface area contributed by atoms with Crippen LogP contribution in [0.25, 0.3) is 0 Å². The minimum absolute atomic E-state index is 0.280. The van der Waals surface area contributed by atoms with Crippen molar-refractivity contribution in [1.29, 1.82) is 0 Å². The molecule has 0 bridgehead atoms. The number of carbonyl (C=O) groups excluding carboxylic acids is 1. The summed E-state index contributed by atoms with van der Waals surface area (Å²) in [5.41, 5.74) is 0.342. The van der Waals surface area contributed by atoms with Crippen LogP contribution >= 0.6 is 0 Å². The van der Waals surface area contributed by atoms with Crippen molar-refractivity contribution < 1.29 is 14.3 Å². The number of benzene rings is 1. The lowest BCUT2D eigenvalue weighted by Crippen LogP contribution is -2.42. The second-order valence-electron chi connectivity index (χ2n) is 3.45. The lowest BCUT2D eigenvalue weighted by atomic mass is 9.83. The van der Waals surface area contributed by atoms with Crippen LogP contribution in [-0.4, -0.2) is 26.3 Å². The molecule has 14 heavy (non-hydrogen) atoms. The van der Waals surface area contributed by atoms with Crippen molar-refractivity contribution in [2.24, 2.45) is 0 Å². The van der Waals surface area contributed by atoms with Gasteiger partial charge in [0, 0.05) is 0 Å². The second kappa shape index (κ2) is 3.90. The predicted molar refractivity (Wildman–Crippen MR) is 51.0 cm³/mol. The number of carbonyl (C=O) groups is 1. The van der Waals surface area contributed by atoms with Crippen LogP contribution in [0.1, 0.15) is 5.56 Å². The van der Waals surface area contributed by atoms with Crippen molar-refractivity contribution in [1.82, 2.24) is 0 Å². The molecule has 1 aliphatic rings. The zero-order valence-corrected chi connectivity index (χ0v) is 7.81. The van der Waals surface area contributed by atoms with E-state index in [2.05, 4.69) is 0 Å².